The van der Waals surface area contributed by atoms with Crippen molar-refractivity contribution in [1.82, 2.24) is 5.32 Å². The first-order valence-electron chi connectivity index (χ1n) is 9.31. The molecule has 2 aromatic rings. The van der Waals surface area contributed by atoms with Gasteiger partial charge in [-0.05, 0) is 30.5 Å². The maximum absolute atomic E-state index is 13.5. The highest BCUT2D eigenvalue weighted by molar-refractivity contribution is 6.03. The summed E-state index contributed by atoms with van der Waals surface area (Å²) in [5.41, 5.74) is 0.473. The van der Waals surface area contributed by atoms with Crippen molar-refractivity contribution < 1.29 is 13.9 Å². The van der Waals surface area contributed by atoms with Gasteiger partial charge in [0.2, 0.25) is 0 Å². The number of carbonyl (C=O) groups excluding carboxylic acids is 1. The molecular weight excluding hydrogens is 343 g/mol. The number of nitrogens with one attached hydrogen (secondary N) is 1. The number of nitrogens with zero attached hydrogens (tertiary/aromatic N) is 1. The average Bonchev–Trinajstić information content (AvgIpc) is 2.69. The molecule has 2 aromatic carbocycles. The van der Waals surface area contributed by atoms with E-state index in [0.29, 0.717) is 17.8 Å². The van der Waals surface area contributed by atoms with Gasteiger partial charge in [-0.1, -0.05) is 56.3 Å². The van der Waals surface area contributed by atoms with E-state index in [1.165, 1.54) is 12.1 Å². The van der Waals surface area contributed by atoms with Crippen molar-refractivity contribution in [2.75, 3.05) is 6.61 Å². The third kappa shape index (κ3) is 3.87. The van der Waals surface area contributed by atoms with Gasteiger partial charge < -0.3 is 10.1 Å². The highest BCUT2D eigenvalue weighted by Crippen LogP contribution is 2.35. The molecule has 2 unspecified atom stereocenters. The van der Waals surface area contributed by atoms with Crippen LogP contribution in [0, 0.1) is 11.7 Å². The standard InChI is InChI=1S/C22H25FN2O2/c1-4-27-21(26)22(17-10-12-18(23)13-11-17)14-19(15(2)3)24-20(25-22)16-8-6-5-7-9-16/h5-13,15,19H,4,14H2,1-3H3,(H,24,25). The lowest BCUT2D eigenvalue weighted by Crippen LogP contribution is -2.58. The van der Waals surface area contributed by atoms with Crippen LogP contribution in [0.2, 0.25) is 0 Å². The van der Waals surface area contributed by atoms with E-state index in [1.807, 2.05) is 30.3 Å². The number of carbonyl (C=O) groups is 1. The largest absolute Gasteiger partial charge is 0.464 e. The second-order valence-electron chi connectivity index (χ2n) is 7.12. The van der Waals surface area contributed by atoms with Crippen molar-refractivity contribution in [2.45, 2.75) is 38.8 Å². The molecule has 2 atom stereocenters. The zero-order valence-electron chi connectivity index (χ0n) is 15.9. The highest BCUT2D eigenvalue weighted by Gasteiger charge is 2.47. The number of esters is 1. The monoisotopic (exact) mass is 368 g/mol. The Morgan fingerprint density at radius 2 is 1.89 bits per heavy atom. The van der Waals surface area contributed by atoms with Crippen LogP contribution in [-0.4, -0.2) is 24.5 Å². The molecule has 0 aromatic heterocycles. The molecule has 4 nitrogen and oxygen atoms in total. The molecule has 142 valence electrons. The van der Waals surface area contributed by atoms with Gasteiger partial charge in [0.15, 0.2) is 5.54 Å². The first-order chi connectivity index (χ1) is 13.0. The fourth-order valence-corrected chi connectivity index (χ4v) is 3.37. The molecule has 0 spiro atoms. The van der Waals surface area contributed by atoms with Crippen molar-refractivity contribution >= 4 is 11.8 Å². The number of hydrogen-bond donors (Lipinski definition) is 1. The molecule has 5 heteroatoms. The van der Waals surface area contributed by atoms with Crippen molar-refractivity contribution in [3.63, 3.8) is 0 Å². The van der Waals surface area contributed by atoms with E-state index < -0.39 is 5.54 Å². The Morgan fingerprint density at radius 1 is 1.22 bits per heavy atom. The average molecular weight is 368 g/mol. The van der Waals surface area contributed by atoms with Gasteiger partial charge in [-0.2, -0.15) is 0 Å². The number of hydrogen-bond acceptors (Lipinski definition) is 4. The number of aliphatic imine (C=N–C) groups is 1. The molecule has 1 aliphatic heterocycles. The van der Waals surface area contributed by atoms with Crippen LogP contribution in [0.1, 0.15) is 38.3 Å². The van der Waals surface area contributed by atoms with Gasteiger partial charge in [-0.3, -0.25) is 4.99 Å². The Bertz CT molecular complexity index is 818. The summed E-state index contributed by atoms with van der Waals surface area (Å²) in [5, 5.41) is 3.34. The molecular formula is C22H25FN2O2. The Morgan fingerprint density at radius 3 is 2.48 bits per heavy atom. The van der Waals surface area contributed by atoms with Crippen LogP contribution in [0.15, 0.2) is 59.6 Å². The van der Waals surface area contributed by atoms with E-state index in [-0.39, 0.29) is 30.4 Å². The number of benzene rings is 2. The lowest BCUT2D eigenvalue weighted by atomic mass is 9.79. The minimum absolute atomic E-state index is 0.0732. The minimum atomic E-state index is -1.11. The number of halogens is 1. The van der Waals surface area contributed by atoms with Gasteiger partial charge in [0.25, 0.3) is 0 Å². The summed E-state index contributed by atoms with van der Waals surface area (Å²) >= 11 is 0. The fraction of sp³-hybridized carbons (Fsp3) is 0.364. The quantitative estimate of drug-likeness (QED) is 0.810. The molecule has 1 aliphatic rings. The van der Waals surface area contributed by atoms with Gasteiger partial charge in [-0.15, -0.1) is 0 Å². The molecule has 0 saturated heterocycles. The topological polar surface area (TPSA) is 50.7 Å². The lowest BCUT2D eigenvalue weighted by Gasteiger charge is -2.40. The van der Waals surface area contributed by atoms with E-state index in [9.17, 15) is 9.18 Å². The number of ether oxygens (including phenoxy) is 1. The van der Waals surface area contributed by atoms with Crippen LogP contribution >= 0.6 is 0 Å². The van der Waals surface area contributed by atoms with Crippen LogP contribution in [0.3, 0.4) is 0 Å². The number of rotatable bonds is 5. The second-order valence-corrected chi connectivity index (χ2v) is 7.12. The molecule has 27 heavy (non-hydrogen) atoms. The fourth-order valence-electron chi connectivity index (χ4n) is 3.37. The summed E-state index contributed by atoms with van der Waals surface area (Å²) in [7, 11) is 0. The van der Waals surface area contributed by atoms with Gasteiger partial charge in [0.05, 0.1) is 12.6 Å². The summed E-state index contributed by atoms with van der Waals surface area (Å²) < 4.78 is 18.9. The van der Waals surface area contributed by atoms with Crippen LogP contribution in [0.25, 0.3) is 0 Å². The summed E-state index contributed by atoms with van der Waals surface area (Å²) in [6, 6.07) is 15.7. The molecule has 0 radical (unpaired) electrons. The van der Waals surface area contributed by atoms with Gasteiger partial charge in [0, 0.05) is 12.0 Å². The summed E-state index contributed by atoms with van der Waals surface area (Å²) in [6.07, 6.45) is 0.450. The first-order valence-corrected chi connectivity index (χ1v) is 9.31. The van der Waals surface area contributed by atoms with E-state index in [2.05, 4.69) is 19.2 Å². The van der Waals surface area contributed by atoms with E-state index >= 15 is 0 Å². The molecule has 0 saturated carbocycles. The maximum atomic E-state index is 13.5. The maximum Gasteiger partial charge on any atom is 0.336 e. The second kappa shape index (κ2) is 7.91. The molecule has 0 amide bonds. The van der Waals surface area contributed by atoms with E-state index in [1.54, 1.807) is 19.1 Å². The highest BCUT2D eigenvalue weighted by atomic mass is 19.1. The third-order valence-corrected chi connectivity index (χ3v) is 4.92. The summed E-state index contributed by atoms with van der Waals surface area (Å²) in [6.45, 7) is 6.23. The minimum Gasteiger partial charge on any atom is -0.464 e. The number of amidine groups is 1. The van der Waals surface area contributed by atoms with Crippen LogP contribution in [-0.2, 0) is 15.1 Å². The third-order valence-electron chi connectivity index (χ3n) is 4.92. The predicted octanol–water partition coefficient (Wildman–Crippen LogP) is 4.05. The van der Waals surface area contributed by atoms with Gasteiger partial charge in [0.1, 0.15) is 11.7 Å². The molecule has 0 fully saturated rings. The smallest absolute Gasteiger partial charge is 0.336 e. The zero-order valence-corrected chi connectivity index (χ0v) is 15.9. The summed E-state index contributed by atoms with van der Waals surface area (Å²) in [4.78, 5) is 18.0. The lowest BCUT2D eigenvalue weighted by molar-refractivity contribution is -0.152. The Labute approximate surface area is 159 Å². The predicted molar refractivity (Wildman–Crippen MR) is 104 cm³/mol. The molecule has 0 aliphatic carbocycles. The normalized spacial score (nSPS) is 22.1. The summed E-state index contributed by atoms with van der Waals surface area (Å²) in [5.74, 6) is 0.175. The van der Waals surface area contributed by atoms with Crippen molar-refractivity contribution in [3.8, 4) is 0 Å². The Kier molecular flexibility index (Phi) is 5.59. The van der Waals surface area contributed by atoms with Crippen LogP contribution in [0.4, 0.5) is 4.39 Å². The molecule has 0 bridgehead atoms. The Balaban J connectivity index is 2.13. The van der Waals surface area contributed by atoms with Gasteiger partial charge in [-0.25, -0.2) is 9.18 Å². The SMILES string of the molecule is CCOC(=O)C1(c2ccc(F)cc2)CC(C(C)C)N=C(c2ccccc2)N1. The first kappa shape index (κ1) is 19.1. The van der Waals surface area contributed by atoms with Crippen molar-refractivity contribution in [2.24, 2.45) is 10.9 Å². The molecule has 1 N–H and O–H groups in total. The molecule has 1 heterocycles. The van der Waals surface area contributed by atoms with Gasteiger partial charge >= 0.3 is 5.97 Å². The van der Waals surface area contributed by atoms with Crippen LogP contribution < -0.4 is 5.32 Å². The molecule has 3 rings (SSSR count). The van der Waals surface area contributed by atoms with E-state index in [0.717, 1.165) is 5.56 Å². The van der Waals surface area contributed by atoms with Crippen LogP contribution in [0.5, 0.6) is 0 Å². The van der Waals surface area contributed by atoms with Crippen molar-refractivity contribution in [3.05, 3.63) is 71.5 Å². The van der Waals surface area contributed by atoms with E-state index in [4.69, 9.17) is 9.73 Å². The van der Waals surface area contributed by atoms with Crippen molar-refractivity contribution in [1.29, 1.82) is 0 Å². The zero-order chi connectivity index (χ0) is 19.4. The Hall–Kier alpha value is -2.69.